The van der Waals surface area contributed by atoms with Crippen LogP contribution in [0.2, 0.25) is 0 Å². The Morgan fingerprint density at radius 1 is 1.30 bits per heavy atom. The van der Waals surface area contributed by atoms with Crippen molar-refractivity contribution in [2.24, 2.45) is 17.3 Å². The van der Waals surface area contributed by atoms with Crippen LogP contribution in [0.15, 0.2) is 0 Å². The van der Waals surface area contributed by atoms with Crippen LogP contribution in [-0.2, 0) is 0 Å². The molecule has 10 heavy (non-hydrogen) atoms. The van der Waals surface area contributed by atoms with Gasteiger partial charge in [0.1, 0.15) is 0 Å². The quantitative estimate of drug-likeness (QED) is 0.585. The van der Waals surface area contributed by atoms with Crippen molar-refractivity contribution >= 4 is 0 Å². The molecule has 2 N–H and O–H groups in total. The average molecular weight is 142 g/mol. The minimum Gasteiger partial charge on any atom is -0.396 e. The van der Waals surface area contributed by atoms with Crippen LogP contribution in [0.5, 0.6) is 0 Å². The number of fused-ring (bicyclic) bond motifs is 1. The highest BCUT2D eigenvalue weighted by atomic mass is 16.3. The Hall–Kier alpha value is -0.0800. The number of aliphatic hydroxyl groups is 2. The van der Waals surface area contributed by atoms with Gasteiger partial charge < -0.3 is 10.2 Å². The third kappa shape index (κ3) is 0.611. The highest BCUT2D eigenvalue weighted by Gasteiger charge is 2.61. The molecule has 2 saturated carbocycles. The Labute approximate surface area is 60.9 Å². The van der Waals surface area contributed by atoms with E-state index in [1.165, 1.54) is 6.42 Å². The average Bonchev–Trinajstić information content (AvgIpc) is 2.60. The lowest BCUT2D eigenvalue weighted by molar-refractivity contribution is 0.112. The Balaban J connectivity index is 2.09. The van der Waals surface area contributed by atoms with Crippen LogP contribution in [-0.4, -0.2) is 23.4 Å². The predicted molar refractivity (Wildman–Crippen MR) is 37.4 cm³/mol. The topological polar surface area (TPSA) is 40.5 Å². The highest BCUT2D eigenvalue weighted by Crippen LogP contribution is 2.65. The molecular formula is C8H14O2. The van der Waals surface area contributed by atoms with E-state index in [0.717, 1.165) is 18.8 Å². The Bertz CT molecular complexity index is 142. The zero-order chi connectivity index (χ0) is 7.19. The van der Waals surface area contributed by atoms with E-state index < -0.39 is 0 Å². The lowest BCUT2D eigenvalue weighted by atomic mass is 9.92. The van der Waals surface area contributed by atoms with Crippen LogP contribution >= 0.6 is 0 Å². The van der Waals surface area contributed by atoms with Crippen LogP contribution in [0, 0.1) is 17.3 Å². The molecule has 3 atom stereocenters. The summed E-state index contributed by atoms with van der Waals surface area (Å²) in [4.78, 5) is 0. The Kier molecular flexibility index (Phi) is 1.29. The Morgan fingerprint density at radius 2 is 2.10 bits per heavy atom. The summed E-state index contributed by atoms with van der Waals surface area (Å²) in [6, 6.07) is 0. The van der Waals surface area contributed by atoms with Gasteiger partial charge >= 0.3 is 0 Å². The number of hydrogen-bond acceptors (Lipinski definition) is 2. The molecule has 58 valence electrons. The van der Waals surface area contributed by atoms with Crippen LogP contribution in [0.3, 0.4) is 0 Å². The fraction of sp³-hybridized carbons (Fsp3) is 1.00. The maximum absolute atomic E-state index is 9.06. The van der Waals surface area contributed by atoms with E-state index in [1.54, 1.807) is 0 Å². The largest absolute Gasteiger partial charge is 0.396 e. The summed E-state index contributed by atoms with van der Waals surface area (Å²) in [5.41, 5.74) is 0.175. The van der Waals surface area contributed by atoms with Crippen molar-refractivity contribution in [3.05, 3.63) is 0 Å². The maximum atomic E-state index is 9.06. The second-order valence-electron chi connectivity index (χ2n) is 3.75. The van der Waals surface area contributed by atoms with Crippen molar-refractivity contribution in [2.75, 3.05) is 13.2 Å². The summed E-state index contributed by atoms with van der Waals surface area (Å²) in [5, 5.41) is 18.0. The van der Waals surface area contributed by atoms with Gasteiger partial charge in [0.15, 0.2) is 0 Å². The molecule has 2 aliphatic carbocycles. The molecule has 0 aromatic carbocycles. The van der Waals surface area contributed by atoms with Gasteiger partial charge in [0.25, 0.3) is 0 Å². The zero-order valence-electron chi connectivity index (χ0n) is 6.08. The van der Waals surface area contributed by atoms with E-state index in [-0.39, 0.29) is 12.0 Å². The molecule has 3 unspecified atom stereocenters. The molecule has 0 saturated heterocycles. The van der Waals surface area contributed by atoms with Gasteiger partial charge in [0.05, 0.1) is 0 Å². The van der Waals surface area contributed by atoms with Crippen molar-refractivity contribution in [3.8, 4) is 0 Å². The zero-order valence-corrected chi connectivity index (χ0v) is 6.08. The summed E-state index contributed by atoms with van der Waals surface area (Å²) >= 11 is 0. The van der Waals surface area contributed by atoms with Crippen molar-refractivity contribution in [1.29, 1.82) is 0 Å². The van der Waals surface area contributed by atoms with Gasteiger partial charge in [-0.3, -0.25) is 0 Å². The molecule has 2 rings (SSSR count). The monoisotopic (exact) mass is 142 g/mol. The smallest absolute Gasteiger partial charge is 0.0493 e. The molecule has 0 spiro atoms. The van der Waals surface area contributed by atoms with Gasteiger partial charge in [0, 0.05) is 18.6 Å². The highest BCUT2D eigenvalue weighted by molar-refractivity contribution is 5.10. The second-order valence-corrected chi connectivity index (χ2v) is 3.75. The molecule has 2 fully saturated rings. The molecule has 0 aromatic rings. The molecule has 2 aliphatic rings. The van der Waals surface area contributed by atoms with Crippen molar-refractivity contribution in [3.63, 3.8) is 0 Å². The lowest BCUT2D eigenvalue weighted by Gasteiger charge is -2.17. The van der Waals surface area contributed by atoms with Crippen LogP contribution in [0.4, 0.5) is 0 Å². The first kappa shape index (κ1) is 6.62. The first-order chi connectivity index (χ1) is 4.83. The molecule has 0 aliphatic heterocycles. The summed E-state index contributed by atoms with van der Waals surface area (Å²) < 4.78 is 0. The van der Waals surface area contributed by atoms with Gasteiger partial charge in [-0.05, 0) is 31.1 Å². The minimum absolute atomic E-state index is 0.175. The molecule has 0 bridgehead atoms. The number of aliphatic hydroxyl groups excluding tert-OH is 2. The van der Waals surface area contributed by atoms with Crippen LogP contribution in [0.1, 0.15) is 19.3 Å². The van der Waals surface area contributed by atoms with E-state index in [1.807, 2.05) is 0 Å². The SMILES string of the molecule is OCC1CCC2CC12CO. The maximum Gasteiger partial charge on any atom is 0.0493 e. The molecule has 0 radical (unpaired) electrons. The molecule has 2 heteroatoms. The summed E-state index contributed by atoms with van der Waals surface area (Å²) in [6.07, 6.45) is 3.52. The summed E-state index contributed by atoms with van der Waals surface area (Å²) in [5.74, 6) is 1.15. The normalized spacial score (nSPS) is 51.0. The van der Waals surface area contributed by atoms with Gasteiger partial charge in [-0.2, -0.15) is 0 Å². The summed E-state index contributed by atoms with van der Waals surface area (Å²) in [6.45, 7) is 0.569. The first-order valence-electron chi connectivity index (χ1n) is 4.05. The lowest BCUT2D eigenvalue weighted by Crippen LogP contribution is -2.20. The molecule has 0 aromatic heterocycles. The van der Waals surface area contributed by atoms with Crippen LogP contribution in [0.25, 0.3) is 0 Å². The van der Waals surface area contributed by atoms with Crippen molar-refractivity contribution in [2.45, 2.75) is 19.3 Å². The van der Waals surface area contributed by atoms with Crippen LogP contribution < -0.4 is 0 Å². The van der Waals surface area contributed by atoms with Gasteiger partial charge in [0.2, 0.25) is 0 Å². The van der Waals surface area contributed by atoms with E-state index in [0.29, 0.717) is 12.5 Å². The molecule has 0 heterocycles. The number of rotatable bonds is 2. The first-order valence-corrected chi connectivity index (χ1v) is 4.05. The fourth-order valence-electron chi connectivity index (χ4n) is 2.58. The van der Waals surface area contributed by atoms with Crippen molar-refractivity contribution < 1.29 is 10.2 Å². The molecular weight excluding hydrogens is 128 g/mol. The third-order valence-electron chi connectivity index (χ3n) is 3.47. The standard InChI is InChI=1S/C8H14O2/c9-4-7-2-1-6-3-8(6,7)5-10/h6-7,9-10H,1-5H2. The van der Waals surface area contributed by atoms with E-state index in [9.17, 15) is 0 Å². The minimum atomic E-state index is 0.175. The van der Waals surface area contributed by atoms with Gasteiger partial charge in [-0.25, -0.2) is 0 Å². The van der Waals surface area contributed by atoms with E-state index >= 15 is 0 Å². The molecule has 2 nitrogen and oxygen atoms in total. The number of hydrogen-bond donors (Lipinski definition) is 2. The summed E-state index contributed by atoms with van der Waals surface area (Å²) in [7, 11) is 0. The Morgan fingerprint density at radius 3 is 2.50 bits per heavy atom. The third-order valence-corrected chi connectivity index (χ3v) is 3.47. The molecule has 0 amide bonds. The van der Waals surface area contributed by atoms with E-state index in [4.69, 9.17) is 10.2 Å². The predicted octanol–water partition coefficient (Wildman–Crippen LogP) is 0.387. The van der Waals surface area contributed by atoms with Gasteiger partial charge in [-0.15, -0.1) is 0 Å². The van der Waals surface area contributed by atoms with Crippen molar-refractivity contribution in [1.82, 2.24) is 0 Å². The second kappa shape index (κ2) is 1.95. The van der Waals surface area contributed by atoms with Gasteiger partial charge in [-0.1, -0.05) is 0 Å². The fourth-order valence-corrected chi connectivity index (χ4v) is 2.58. The van der Waals surface area contributed by atoms with E-state index in [2.05, 4.69) is 0 Å².